The Balaban J connectivity index is 1.56. The number of nitrogens with one attached hydrogen (secondary N) is 1. The minimum absolute atomic E-state index is 0.0382. The molecule has 0 aromatic heterocycles. The van der Waals surface area contributed by atoms with Gasteiger partial charge in [0.25, 0.3) is 0 Å². The van der Waals surface area contributed by atoms with E-state index in [9.17, 15) is 18.0 Å². The van der Waals surface area contributed by atoms with Crippen molar-refractivity contribution < 1.29 is 22.7 Å². The van der Waals surface area contributed by atoms with Gasteiger partial charge in [0.2, 0.25) is 0 Å². The predicted octanol–water partition coefficient (Wildman–Crippen LogP) is 5.44. The van der Waals surface area contributed by atoms with E-state index >= 15 is 0 Å². The summed E-state index contributed by atoms with van der Waals surface area (Å²) in [4.78, 5) is 15.0. The van der Waals surface area contributed by atoms with Gasteiger partial charge in [-0.05, 0) is 56.2 Å². The van der Waals surface area contributed by atoms with Crippen LogP contribution in [0.25, 0.3) is 0 Å². The van der Waals surface area contributed by atoms with Crippen molar-refractivity contribution in [1.29, 1.82) is 0 Å². The number of hydrogen-bond acceptors (Lipinski definition) is 2. The highest BCUT2D eigenvalue weighted by molar-refractivity contribution is 5.75. The fourth-order valence-corrected chi connectivity index (χ4v) is 3.74. The van der Waals surface area contributed by atoms with Crippen molar-refractivity contribution in [2.24, 2.45) is 5.92 Å². The van der Waals surface area contributed by atoms with Crippen molar-refractivity contribution in [3.05, 3.63) is 29.8 Å². The second kappa shape index (κ2) is 9.05. The summed E-state index contributed by atoms with van der Waals surface area (Å²) in [6.45, 7) is 1.41. The molecular weight excluding hydrogens is 369 g/mol. The summed E-state index contributed by atoms with van der Waals surface area (Å²) >= 11 is 0. The van der Waals surface area contributed by atoms with Crippen LogP contribution in [0.15, 0.2) is 24.3 Å². The molecule has 2 amide bonds. The van der Waals surface area contributed by atoms with Gasteiger partial charge in [0.15, 0.2) is 6.61 Å². The molecular formula is C21H29F3N2O2. The third-order valence-corrected chi connectivity index (χ3v) is 5.55. The average molecular weight is 398 g/mol. The summed E-state index contributed by atoms with van der Waals surface area (Å²) < 4.78 is 41.5. The molecule has 0 saturated heterocycles. The first-order chi connectivity index (χ1) is 13.3. The smallest absolute Gasteiger partial charge is 0.422 e. The van der Waals surface area contributed by atoms with Gasteiger partial charge in [-0.25, -0.2) is 4.79 Å². The van der Waals surface area contributed by atoms with Crippen LogP contribution in [-0.2, 0) is 0 Å². The average Bonchev–Trinajstić information content (AvgIpc) is 3.49. The molecule has 0 heterocycles. The van der Waals surface area contributed by atoms with Gasteiger partial charge in [-0.3, -0.25) is 0 Å². The Kier molecular flexibility index (Phi) is 6.73. The summed E-state index contributed by atoms with van der Waals surface area (Å²) in [7, 11) is 0. The molecule has 156 valence electrons. The lowest BCUT2D eigenvalue weighted by molar-refractivity contribution is -0.153. The van der Waals surface area contributed by atoms with E-state index in [-0.39, 0.29) is 17.8 Å². The van der Waals surface area contributed by atoms with Crippen molar-refractivity contribution in [3.8, 4) is 5.75 Å². The maximum atomic E-state index is 12.9. The molecule has 1 N–H and O–H groups in total. The Bertz CT molecular complexity index is 638. The van der Waals surface area contributed by atoms with Crippen molar-refractivity contribution in [1.82, 2.24) is 10.2 Å². The molecule has 28 heavy (non-hydrogen) atoms. The quantitative estimate of drug-likeness (QED) is 0.664. The monoisotopic (exact) mass is 398 g/mol. The van der Waals surface area contributed by atoms with Crippen LogP contribution < -0.4 is 10.1 Å². The van der Waals surface area contributed by atoms with E-state index in [0.29, 0.717) is 12.0 Å². The van der Waals surface area contributed by atoms with Crippen molar-refractivity contribution in [2.45, 2.75) is 70.1 Å². The Labute approximate surface area is 164 Å². The zero-order chi connectivity index (χ0) is 20.1. The second-order valence-electron chi connectivity index (χ2n) is 8.03. The number of benzene rings is 1. The first kappa shape index (κ1) is 20.8. The molecule has 0 aliphatic heterocycles. The van der Waals surface area contributed by atoms with Crippen LogP contribution in [-0.4, -0.2) is 36.3 Å². The fraction of sp³-hybridized carbons (Fsp3) is 0.667. The van der Waals surface area contributed by atoms with Crippen molar-refractivity contribution in [3.63, 3.8) is 0 Å². The molecule has 2 aliphatic rings. The minimum Gasteiger partial charge on any atom is -0.484 e. The van der Waals surface area contributed by atoms with Crippen molar-refractivity contribution >= 4 is 6.03 Å². The fourth-order valence-electron chi connectivity index (χ4n) is 3.74. The zero-order valence-electron chi connectivity index (χ0n) is 16.3. The van der Waals surface area contributed by atoms with Gasteiger partial charge in [-0.15, -0.1) is 0 Å². The molecule has 0 spiro atoms. The molecule has 1 unspecified atom stereocenters. The van der Waals surface area contributed by atoms with Gasteiger partial charge in [0, 0.05) is 12.6 Å². The number of rotatable bonds is 7. The van der Waals surface area contributed by atoms with Gasteiger partial charge < -0.3 is 15.0 Å². The summed E-state index contributed by atoms with van der Waals surface area (Å²) in [5.41, 5.74) is 0.836. The van der Waals surface area contributed by atoms with Crippen LogP contribution in [0.1, 0.15) is 63.5 Å². The first-order valence-electron chi connectivity index (χ1n) is 10.2. The first-order valence-corrected chi connectivity index (χ1v) is 10.2. The zero-order valence-corrected chi connectivity index (χ0v) is 16.3. The normalized spacial score (nSPS) is 19.1. The Morgan fingerprint density at radius 3 is 2.36 bits per heavy atom. The molecule has 0 bridgehead atoms. The molecule has 0 radical (unpaired) electrons. The van der Waals surface area contributed by atoms with Gasteiger partial charge in [-0.2, -0.15) is 13.2 Å². The molecule has 2 fully saturated rings. The van der Waals surface area contributed by atoms with Crippen LogP contribution >= 0.6 is 0 Å². The van der Waals surface area contributed by atoms with E-state index in [1.54, 1.807) is 12.1 Å². The number of carbonyl (C=O) groups excluding carboxylic acids is 1. The SMILES string of the molecule is CC(NC(=O)N(CC1CC1)C1CCCCC1)c1ccc(OCC(F)(F)F)cc1. The number of ether oxygens (including phenoxy) is 1. The third kappa shape index (κ3) is 6.31. The van der Waals surface area contributed by atoms with Crippen LogP contribution in [0.2, 0.25) is 0 Å². The lowest BCUT2D eigenvalue weighted by atomic mass is 9.94. The van der Waals surface area contributed by atoms with Crippen LogP contribution in [0.4, 0.5) is 18.0 Å². The Hall–Kier alpha value is -1.92. The van der Waals surface area contributed by atoms with Gasteiger partial charge >= 0.3 is 12.2 Å². The lowest BCUT2D eigenvalue weighted by Gasteiger charge is -2.35. The minimum atomic E-state index is -4.36. The number of hydrogen-bond donors (Lipinski definition) is 1. The van der Waals surface area contributed by atoms with Gasteiger partial charge in [-0.1, -0.05) is 31.4 Å². The molecule has 4 nitrogen and oxygen atoms in total. The number of nitrogens with zero attached hydrogens (tertiary/aromatic N) is 1. The highest BCUT2D eigenvalue weighted by Gasteiger charge is 2.32. The second-order valence-corrected chi connectivity index (χ2v) is 8.03. The van der Waals surface area contributed by atoms with E-state index < -0.39 is 12.8 Å². The number of carbonyl (C=O) groups is 1. The van der Waals surface area contributed by atoms with Gasteiger partial charge in [0.1, 0.15) is 5.75 Å². The molecule has 7 heteroatoms. The summed E-state index contributed by atoms with van der Waals surface area (Å²) in [6.07, 6.45) is 3.77. The third-order valence-electron chi connectivity index (χ3n) is 5.55. The van der Waals surface area contributed by atoms with Crippen LogP contribution in [0.3, 0.4) is 0 Å². The maximum absolute atomic E-state index is 12.9. The highest BCUT2D eigenvalue weighted by atomic mass is 19.4. The maximum Gasteiger partial charge on any atom is 0.422 e. The molecule has 1 aromatic rings. The molecule has 2 aliphatic carbocycles. The van der Waals surface area contributed by atoms with Crippen LogP contribution in [0.5, 0.6) is 5.75 Å². The van der Waals surface area contributed by atoms with Gasteiger partial charge in [0.05, 0.1) is 6.04 Å². The predicted molar refractivity (Wildman–Crippen MR) is 101 cm³/mol. The Morgan fingerprint density at radius 1 is 1.14 bits per heavy atom. The highest BCUT2D eigenvalue weighted by Crippen LogP contribution is 2.33. The number of amides is 2. The molecule has 1 aromatic carbocycles. The summed E-state index contributed by atoms with van der Waals surface area (Å²) in [5, 5.41) is 3.07. The number of halogens is 3. The molecule has 2 saturated carbocycles. The van der Waals surface area contributed by atoms with E-state index in [0.717, 1.165) is 24.9 Å². The Morgan fingerprint density at radius 2 is 1.79 bits per heavy atom. The van der Waals surface area contributed by atoms with E-state index in [1.165, 1.54) is 44.2 Å². The van der Waals surface area contributed by atoms with E-state index in [2.05, 4.69) is 5.32 Å². The summed E-state index contributed by atoms with van der Waals surface area (Å²) in [5.74, 6) is 0.796. The van der Waals surface area contributed by atoms with Crippen molar-refractivity contribution in [2.75, 3.05) is 13.2 Å². The summed E-state index contributed by atoms with van der Waals surface area (Å²) in [6, 6.07) is 6.46. The number of urea groups is 1. The topological polar surface area (TPSA) is 41.6 Å². The van der Waals surface area contributed by atoms with E-state index in [4.69, 9.17) is 4.74 Å². The molecule has 3 rings (SSSR count). The largest absolute Gasteiger partial charge is 0.484 e. The standard InChI is InChI=1S/C21H29F3N2O2/c1-15(17-9-11-19(12-10-17)28-14-21(22,23)24)25-20(27)26(13-16-7-8-16)18-5-3-2-4-6-18/h9-12,15-16,18H,2-8,13-14H2,1H3,(H,25,27). The lowest BCUT2D eigenvalue weighted by Crippen LogP contribution is -2.48. The van der Waals surface area contributed by atoms with E-state index in [1.807, 2.05) is 11.8 Å². The van der Waals surface area contributed by atoms with Crippen LogP contribution in [0, 0.1) is 5.92 Å². The molecule has 1 atom stereocenters. The number of alkyl halides is 3.